The van der Waals surface area contributed by atoms with Crippen LogP contribution in [0.25, 0.3) is 0 Å². The number of nitrogens with one attached hydrogen (secondary N) is 1. The predicted octanol–water partition coefficient (Wildman–Crippen LogP) is 2.90. The zero-order valence-corrected chi connectivity index (χ0v) is 13.6. The summed E-state index contributed by atoms with van der Waals surface area (Å²) in [7, 11) is 0. The molecule has 6 heteroatoms. The Morgan fingerprint density at radius 3 is 2.78 bits per heavy atom. The fourth-order valence-electron chi connectivity index (χ4n) is 2.05. The molecule has 2 rings (SSSR count). The third kappa shape index (κ3) is 5.02. The first-order valence-electron chi connectivity index (χ1n) is 6.05. The van der Waals surface area contributed by atoms with Gasteiger partial charge in [0.05, 0.1) is 10.7 Å². The molecule has 18 heavy (non-hydrogen) atoms. The summed E-state index contributed by atoms with van der Waals surface area (Å²) in [4.78, 5) is 7.17. The molecule has 1 aliphatic heterocycles. The molecule has 0 bridgehead atoms. The van der Waals surface area contributed by atoms with E-state index in [4.69, 9.17) is 0 Å². The Morgan fingerprint density at radius 1 is 1.50 bits per heavy atom. The normalized spacial score (nSPS) is 20.3. The maximum Gasteiger partial charge on any atom is 0.0954 e. The minimum absolute atomic E-state index is 0. The van der Waals surface area contributed by atoms with E-state index in [0.717, 1.165) is 26.2 Å². The largest absolute Gasteiger partial charge is 0.312 e. The van der Waals surface area contributed by atoms with Crippen molar-refractivity contribution >= 4 is 36.2 Å². The third-order valence-corrected chi connectivity index (χ3v) is 4.10. The SMILES string of the molecule is CC1CN(Cc2csc(C(C)C)n2)CCN1.Cl.Cl. The van der Waals surface area contributed by atoms with E-state index >= 15 is 0 Å². The van der Waals surface area contributed by atoms with Crippen molar-refractivity contribution in [3.8, 4) is 0 Å². The monoisotopic (exact) mass is 311 g/mol. The van der Waals surface area contributed by atoms with Crippen molar-refractivity contribution in [2.75, 3.05) is 19.6 Å². The highest BCUT2D eigenvalue weighted by Gasteiger charge is 2.16. The molecule has 1 N–H and O–H groups in total. The molecular formula is C12H23Cl2N3S. The van der Waals surface area contributed by atoms with Gasteiger partial charge in [-0.25, -0.2) is 4.98 Å². The molecule has 0 saturated carbocycles. The Bertz CT molecular complexity index is 344. The molecule has 0 radical (unpaired) electrons. The van der Waals surface area contributed by atoms with Gasteiger partial charge < -0.3 is 5.32 Å². The standard InChI is InChI=1S/C12H21N3S.2ClH/c1-9(2)12-14-11(8-16-12)7-15-5-4-13-10(3)6-15;;/h8-10,13H,4-7H2,1-3H3;2*1H. The topological polar surface area (TPSA) is 28.2 Å². The van der Waals surface area contributed by atoms with Crippen LogP contribution in [0.4, 0.5) is 0 Å². The third-order valence-electron chi connectivity index (χ3n) is 2.90. The molecule has 1 aromatic heterocycles. The lowest BCUT2D eigenvalue weighted by Gasteiger charge is -2.31. The fourth-order valence-corrected chi connectivity index (χ4v) is 2.87. The molecule has 1 aromatic rings. The average Bonchev–Trinajstić information content (AvgIpc) is 2.66. The number of thiazole rings is 1. The molecule has 1 fully saturated rings. The second-order valence-corrected chi connectivity index (χ2v) is 5.81. The van der Waals surface area contributed by atoms with Gasteiger partial charge in [-0.3, -0.25) is 4.90 Å². The number of nitrogens with zero attached hydrogens (tertiary/aromatic N) is 2. The highest BCUT2D eigenvalue weighted by atomic mass is 35.5. The van der Waals surface area contributed by atoms with E-state index in [-0.39, 0.29) is 24.8 Å². The van der Waals surface area contributed by atoms with Gasteiger partial charge in [0.1, 0.15) is 0 Å². The van der Waals surface area contributed by atoms with Crippen LogP contribution < -0.4 is 5.32 Å². The minimum atomic E-state index is 0. The Kier molecular flexibility index (Phi) is 8.39. The quantitative estimate of drug-likeness (QED) is 0.930. The fraction of sp³-hybridized carbons (Fsp3) is 0.750. The molecule has 2 heterocycles. The first-order valence-corrected chi connectivity index (χ1v) is 6.93. The van der Waals surface area contributed by atoms with Crippen molar-refractivity contribution in [1.82, 2.24) is 15.2 Å². The number of hydrogen-bond acceptors (Lipinski definition) is 4. The summed E-state index contributed by atoms with van der Waals surface area (Å²) in [6.45, 7) is 11.0. The number of halogens is 2. The molecule has 1 unspecified atom stereocenters. The summed E-state index contributed by atoms with van der Waals surface area (Å²) < 4.78 is 0. The summed E-state index contributed by atoms with van der Waals surface area (Å²) in [6.07, 6.45) is 0. The number of rotatable bonds is 3. The molecule has 1 atom stereocenters. The van der Waals surface area contributed by atoms with Crippen LogP contribution in [0.3, 0.4) is 0 Å². The van der Waals surface area contributed by atoms with Crippen LogP contribution in [0.2, 0.25) is 0 Å². The molecule has 106 valence electrons. The smallest absolute Gasteiger partial charge is 0.0954 e. The molecule has 0 spiro atoms. The highest BCUT2D eigenvalue weighted by molar-refractivity contribution is 7.09. The molecule has 0 amide bonds. The van der Waals surface area contributed by atoms with Gasteiger partial charge in [0, 0.05) is 43.5 Å². The molecule has 1 saturated heterocycles. The second kappa shape index (κ2) is 8.33. The summed E-state index contributed by atoms with van der Waals surface area (Å²) >= 11 is 1.79. The van der Waals surface area contributed by atoms with Crippen molar-refractivity contribution in [2.45, 2.75) is 39.3 Å². The van der Waals surface area contributed by atoms with Crippen LogP contribution in [-0.4, -0.2) is 35.6 Å². The van der Waals surface area contributed by atoms with E-state index in [0.29, 0.717) is 12.0 Å². The van der Waals surface area contributed by atoms with Gasteiger partial charge in [-0.05, 0) is 6.92 Å². The maximum absolute atomic E-state index is 4.69. The molecule has 0 aromatic carbocycles. The first kappa shape index (κ1) is 18.1. The maximum atomic E-state index is 4.69. The van der Waals surface area contributed by atoms with Gasteiger partial charge >= 0.3 is 0 Å². The Labute approximate surface area is 126 Å². The zero-order valence-electron chi connectivity index (χ0n) is 11.2. The minimum Gasteiger partial charge on any atom is -0.312 e. The number of aromatic nitrogens is 1. The van der Waals surface area contributed by atoms with Crippen molar-refractivity contribution < 1.29 is 0 Å². The van der Waals surface area contributed by atoms with E-state index in [9.17, 15) is 0 Å². The van der Waals surface area contributed by atoms with Crippen molar-refractivity contribution in [2.24, 2.45) is 0 Å². The predicted molar refractivity (Wildman–Crippen MR) is 83.4 cm³/mol. The highest BCUT2D eigenvalue weighted by Crippen LogP contribution is 2.20. The van der Waals surface area contributed by atoms with E-state index in [2.05, 4.69) is 41.4 Å². The lowest BCUT2D eigenvalue weighted by Crippen LogP contribution is -2.48. The van der Waals surface area contributed by atoms with Crippen LogP contribution in [-0.2, 0) is 6.54 Å². The van der Waals surface area contributed by atoms with Crippen molar-refractivity contribution in [1.29, 1.82) is 0 Å². The van der Waals surface area contributed by atoms with Crippen LogP contribution >= 0.6 is 36.2 Å². The van der Waals surface area contributed by atoms with E-state index in [1.165, 1.54) is 10.7 Å². The average molecular weight is 312 g/mol. The number of hydrogen-bond donors (Lipinski definition) is 1. The summed E-state index contributed by atoms with van der Waals surface area (Å²) in [5.74, 6) is 0.556. The first-order chi connectivity index (χ1) is 7.65. The Morgan fingerprint density at radius 2 is 2.22 bits per heavy atom. The van der Waals surface area contributed by atoms with E-state index < -0.39 is 0 Å². The second-order valence-electron chi connectivity index (χ2n) is 4.92. The summed E-state index contributed by atoms with van der Waals surface area (Å²) in [5, 5.41) is 6.93. The van der Waals surface area contributed by atoms with Crippen LogP contribution in [0.5, 0.6) is 0 Å². The van der Waals surface area contributed by atoms with Gasteiger partial charge in [-0.1, -0.05) is 13.8 Å². The van der Waals surface area contributed by atoms with Crippen LogP contribution in [0.1, 0.15) is 37.4 Å². The molecule has 3 nitrogen and oxygen atoms in total. The Balaban J connectivity index is 0.00000144. The molecular weight excluding hydrogens is 289 g/mol. The van der Waals surface area contributed by atoms with Gasteiger partial charge in [0.25, 0.3) is 0 Å². The van der Waals surface area contributed by atoms with E-state index in [1.807, 2.05) is 0 Å². The molecule has 0 aliphatic carbocycles. The lowest BCUT2D eigenvalue weighted by molar-refractivity contribution is 0.198. The summed E-state index contributed by atoms with van der Waals surface area (Å²) in [6, 6.07) is 0.608. The zero-order chi connectivity index (χ0) is 11.5. The summed E-state index contributed by atoms with van der Waals surface area (Å²) in [5.41, 5.74) is 1.24. The van der Waals surface area contributed by atoms with Gasteiger partial charge in [0.15, 0.2) is 0 Å². The lowest BCUT2D eigenvalue weighted by atomic mass is 10.2. The van der Waals surface area contributed by atoms with Gasteiger partial charge in [-0.15, -0.1) is 36.2 Å². The molecule has 1 aliphatic rings. The number of piperazine rings is 1. The van der Waals surface area contributed by atoms with Gasteiger partial charge in [0.2, 0.25) is 0 Å². The van der Waals surface area contributed by atoms with Crippen LogP contribution in [0, 0.1) is 0 Å². The van der Waals surface area contributed by atoms with Crippen molar-refractivity contribution in [3.63, 3.8) is 0 Å². The van der Waals surface area contributed by atoms with E-state index in [1.54, 1.807) is 11.3 Å². The Hall–Kier alpha value is 0.130. The van der Waals surface area contributed by atoms with Gasteiger partial charge in [-0.2, -0.15) is 0 Å². The van der Waals surface area contributed by atoms with Crippen molar-refractivity contribution in [3.05, 3.63) is 16.1 Å². The van der Waals surface area contributed by atoms with Crippen LogP contribution in [0.15, 0.2) is 5.38 Å².